The lowest BCUT2D eigenvalue weighted by atomic mass is 10.1. The second kappa shape index (κ2) is 9.82. The zero-order chi connectivity index (χ0) is 23.3. The van der Waals surface area contributed by atoms with Gasteiger partial charge in [-0.1, -0.05) is 12.1 Å². The number of hydrogen-bond acceptors (Lipinski definition) is 6. The molecule has 7 nitrogen and oxygen atoms in total. The lowest BCUT2D eigenvalue weighted by molar-refractivity contribution is 0.355. The van der Waals surface area contributed by atoms with E-state index in [0.717, 1.165) is 5.56 Å². The van der Waals surface area contributed by atoms with Crippen molar-refractivity contribution in [1.82, 2.24) is 0 Å². The molecule has 32 heavy (non-hydrogen) atoms. The van der Waals surface area contributed by atoms with Crippen LogP contribution in [0, 0.1) is 0 Å². The van der Waals surface area contributed by atoms with Crippen molar-refractivity contribution in [3.8, 4) is 23.0 Å². The quantitative estimate of drug-likeness (QED) is 0.465. The first-order chi connectivity index (χ1) is 15.3. The third kappa shape index (κ3) is 4.60. The maximum absolute atomic E-state index is 13.8. The fourth-order valence-corrected chi connectivity index (χ4v) is 5.07. The van der Waals surface area contributed by atoms with Gasteiger partial charge >= 0.3 is 0 Å². The van der Waals surface area contributed by atoms with Gasteiger partial charge in [0, 0.05) is 6.07 Å². The monoisotopic (exact) mass is 457 g/mol. The van der Waals surface area contributed by atoms with Crippen LogP contribution in [0.15, 0.2) is 71.6 Å². The molecule has 0 N–H and O–H groups in total. The molecule has 3 rings (SSSR count). The molecule has 0 aromatic heterocycles. The highest BCUT2D eigenvalue weighted by Crippen LogP contribution is 2.39. The number of hydrogen-bond donors (Lipinski definition) is 0. The first kappa shape index (κ1) is 23.3. The SMILES string of the molecule is COc1ccc(S(=O)(=O)N(c2ccc(OC)c(OC)c2)C(C)c2cccc(OC)c2)cc1. The first-order valence-electron chi connectivity index (χ1n) is 9.90. The van der Waals surface area contributed by atoms with Crippen LogP contribution >= 0.6 is 0 Å². The van der Waals surface area contributed by atoms with Crippen LogP contribution in [0.1, 0.15) is 18.5 Å². The van der Waals surface area contributed by atoms with Crippen LogP contribution in [0.2, 0.25) is 0 Å². The highest BCUT2D eigenvalue weighted by atomic mass is 32.2. The standard InChI is InChI=1S/C24H27NO6S/c1-17(18-7-6-8-21(15-18)29-3)25(19-9-14-23(30-4)24(16-19)31-5)32(26,27)22-12-10-20(28-2)11-13-22/h6-17H,1-5H3. The average molecular weight is 458 g/mol. The Kier molecular flexibility index (Phi) is 7.15. The summed E-state index contributed by atoms with van der Waals surface area (Å²) in [6.45, 7) is 1.83. The molecule has 0 bridgehead atoms. The van der Waals surface area contributed by atoms with Crippen molar-refractivity contribution >= 4 is 15.7 Å². The summed E-state index contributed by atoms with van der Waals surface area (Å²) in [7, 11) is 2.19. The van der Waals surface area contributed by atoms with E-state index in [1.165, 1.54) is 37.8 Å². The summed E-state index contributed by atoms with van der Waals surface area (Å²) in [5, 5.41) is 0. The maximum Gasteiger partial charge on any atom is 0.264 e. The van der Waals surface area contributed by atoms with Gasteiger partial charge in [0.25, 0.3) is 10.0 Å². The van der Waals surface area contributed by atoms with Crippen molar-refractivity contribution in [3.63, 3.8) is 0 Å². The van der Waals surface area contributed by atoms with Gasteiger partial charge in [-0.15, -0.1) is 0 Å². The Hall–Kier alpha value is -3.39. The fraction of sp³-hybridized carbons (Fsp3) is 0.250. The topological polar surface area (TPSA) is 74.3 Å². The summed E-state index contributed by atoms with van der Waals surface area (Å²) in [6.07, 6.45) is 0. The Labute approximate surface area is 189 Å². The van der Waals surface area contributed by atoms with E-state index in [9.17, 15) is 8.42 Å². The van der Waals surface area contributed by atoms with Crippen LogP contribution in [-0.2, 0) is 10.0 Å². The molecular weight excluding hydrogens is 430 g/mol. The highest BCUT2D eigenvalue weighted by Gasteiger charge is 2.31. The molecule has 3 aromatic carbocycles. The smallest absolute Gasteiger partial charge is 0.264 e. The second-order valence-corrected chi connectivity index (χ2v) is 8.78. The van der Waals surface area contributed by atoms with Crippen LogP contribution in [0.5, 0.6) is 23.0 Å². The molecule has 0 saturated heterocycles. The van der Waals surface area contributed by atoms with Gasteiger partial charge in [0.2, 0.25) is 0 Å². The van der Waals surface area contributed by atoms with Gasteiger partial charge in [-0.3, -0.25) is 4.31 Å². The molecule has 1 atom stereocenters. The molecule has 0 aliphatic heterocycles. The maximum atomic E-state index is 13.8. The molecular formula is C24H27NO6S. The van der Waals surface area contributed by atoms with E-state index < -0.39 is 16.1 Å². The number of nitrogens with zero attached hydrogens (tertiary/aromatic N) is 1. The Balaban J connectivity index is 2.18. The third-order valence-electron chi connectivity index (χ3n) is 5.17. The minimum atomic E-state index is -3.95. The average Bonchev–Trinajstić information content (AvgIpc) is 2.83. The van der Waals surface area contributed by atoms with Crippen molar-refractivity contribution < 1.29 is 27.4 Å². The van der Waals surface area contributed by atoms with Crippen molar-refractivity contribution in [1.29, 1.82) is 0 Å². The van der Waals surface area contributed by atoms with Gasteiger partial charge in [-0.2, -0.15) is 0 Å². The fourth-order valence-electron chi connectivity index (χ4n) is 3.43. The van der Waals surface area contributed by atoms with Gasteiger partial charge in [-0.05, 0) is 61.0 Å². The van der Waals surface area contributed by atoms with E-state index in [1.54, 1.807) is 37.4 Å². The summed E-state index contributed by atoms with van der Waals surface area (Å²) >= 11 is 0. The zero-order valence-corrected chi connectivity index (χ0v) is 19.5. The van der Waals surface area contributed by atoms with Crippen molar-refractivity contribution in [2.24, 2.45) is 0 Å². The predicted octanol–water partition coefficient (Wildman–Crippen LogP) is 4.68. The Morgan fingerprint density at radius 2 is 1.38 bits per heavy atom. The second-order valence-electron chi connectivity index (χ2n) is 6.97. The largest absolute Gasteiger partial charge is 0.497 e. The number of benzene rings is 3. The van der Waals surface area contributed by atoms with Gasteiger partial charge in [0.15, 0.2) is 11.5 Å². The number of methoxy groups -OCH3 is 4. The summed E-state index contributed by atoms with van der Waals surface area (Å²) in [4.78, 5) is 0.142. The van der Waals surface area contributed by atoms with E-state index in [-0.39, 0.29) is 4.90 Å². The van der Waals surface area contributed by atoms with Crippen molar-refractivity contribution in [3.05, 3.63) is 72.3 Å². The van der Waals surface area contributed by atoms with Crippen molar-refractivity contribution in [2.75, 3.05) is 32.7 Å². The first-order valence-corrected chi connectivity index (χ1v) is 11.3. The Morgan fingerprint density at radius 3 is 1.97 bits per heavy atom. The Bertz CT molecular complexity index is 1160. The number of anilines is 1. The van der Waals surface area contributed by atoms with E-state index >= 15 is 0 Å². The minimum Gasteiger partial charge on any atom is -0.497 e. The number of rotatable bonds is 9. The lowest BCUT2D eigenvalue weighted by Gasteiger charge is -2.31. The van der Waals surface area contributed by atoms with Crippen LogP contribution in [-0.4, -0.2) is 36.9 Å². The molecule has 3 aromatic rings. The zero-order valence-electron chi connectivity index (χ0n) is 18.7. The van der Waals surface area contributed by atoms with Gasteiger partial charge in [0.05, 0.1) is 45.1 Å². The van der Waals surface area contributed by atoms with Gasteiger partial charge in [-0.25, -0.2) is 8.42 Å². The lowest BCUT2D eigenvalue weighted by Crippen LogP contribution is -2.33. The highest BCUT2D eigenvalue weighted by molar-refractivity contribution is 7.92. The molecule has 0 aliphatic rings. The molecule has 0 aliphatic carbocycles. The molecule has 0 saturated carbocycles. The summed E-state index contributed by atoms with van der Waals surface area (Å²) < 4.78 is 50.3. The molecule has 0 fully saturated rings. The molecule has 0 heterocycles. The molecule has 1 unspecified atom stereocenters. The number of ether oxygens (including phenoxy) is 4. The molecule has 0 spiro atoms. The summed E-state index contributed by atoms with van der Waals surface area (Å²) in [5.74, 6) is 2.15. The minimum absolute atomic E-state index is 0.142. The van der Waals surface area contributed by atoms with Crippen molar-refractivity contribution in [2.45, 2.75) is 17.9 Å². The summed E-state index contributed by atoms with van der Waals surface area (Å²) in [6, 6.07) is 18.1. The van der Waals surface area contributed by atoms with Crippen LogP contribution in [0.3, 0.4) is 0 Å². The van der Waals surface area contributed by atoms with E-state index in [4.69, 9.17) is 18.9 Å². The molecule has 0 radical (unpaired) electrons. The van der Waals surface area contributed by atoms with Crippen LogP contribution < -0.4 is 23.3 Å². The van der Waals surface area contributed by atoms with E-state index in [2.05, 4.69) is 0 Å². The van der Waals surface area contributed by atoms with Crippen LogP contribution in [0.25, 0.3) is 0 Å². The number of sulfonamides is 1. The van der Waals surface area contributed by atoms with Gasteiger partial charge < -0.3 is 18.9 Å². The predicted molar refractivity (Wildman–Crippen MR) is 124 cm³/mol. The van der Waals surface area contributed by atoms with E-state index in [1.807, 2.05) is 31.2 Å². The molecule has 0 amide bonds. The van der Waals surface area contributed by atoms with E-state index in [0.29, 0.717) is 28.7 Å². The Morgan fingerprint density at radius 1 is 0.719 bits per heavy atom. The third-order valence-corrected chi connectivity index (χ3v) is 7.08. The van der Waals surface area contributed by atoms with Crippen LogP contribution in [0.4, 0.5) is 5.69 Å². The molecule has 8 heteroatoms. The van der Waals surface area contributed by atoms with Gasteiger partial charge in [0.1, 0.15) is 11.5 Å². The summed E-state index contributed by atoms with van der Waals surface area (Å²) in [5.41, 5.74) is 1.21. The molecule has 170 valence electrons. The normalized spacial score (nSPS) is 12.0.